The molecule has 1 amide bonds. The van der Waals surface area contributed by atoms with Crippen LogP contribution in [0.3, 0.4) is 0 Å². The van der Waals surface area contributed by atoms with Crippen LogP contribution in [0.1, 0.15) is 19.3 Å². The second-order valence-corrected chi connectivity index (χ2v) is 10.3. The molecule has 0 radical (unpaired) electrons. The maximum absolute atomic E-state index is 13.2. The number of nitrogens with one attached hydrogen (secondary N) is 1. The summed E-state index contributed by atoms with van der Waals surface area (Å²) >= 11 is 0. The van der Waals surface area contributed by atoms with E-state index in [1.54, 1.807) is 13.1 Å². The largest absolute Gasteiger partial charge is 0.419 e. The van der Waals surface area contributed by atoms with Gasteiger partial charge in [0.1, 0.15) is 0 Å². The molecule has 3 heterocycles. The number of hydrogen-bond donors (Lipinski definition) is 1. The molecule has 4 rings (SSSR count). The van der Waals surface area contributed by atoms with E-state index in [0.29, 0.717) is 31.4 Å². The summed E-state index contributed by atoms with van der Waals surface area (Å²) in [4.78, 5) is 26.7. The monoisotopic (exact) mass is 466 g/mol. The first kappa shape index (κ1) is 23.0. The summed E-state index contributed by atoms with van der Waals surface area (Å²) in [5.41, 5.74) is 0.757. The number of benzene rings is 1. The summed E-state index contributed by atoms with van der Waals surface area (Å²) in [7, 11) is -2.23. The van der Waals surface area contributed by atoms with E-state index >= 15 is 0 Å². The average molecular weight is 467 g/mol. The molecule has 0 saturated carbocycles. The molecule has 0 aliphatic carbocycles. The molecule has 1 aromatic carbocycles. The van der Waals surface area contributed by atoms with Gasteiger partial charge in [-0.3, -0.25) is 14.3 Å². The maximum atomic E-state index is 13.2. The Morgan fingerprint density at radius 2 is 2.00 bits per heavy atom. The fourth-order valence-electron chi connectivity index (χ4n) is 4.28. The van der Waals surface area contributed by atoms with Crippen LogP contribution in [-0.4, -0.2) is 80.6 Å². The number of hydrogen-bond acceptors (Lipinski definition) is 7. The minimum absolute atomic E-state index is 0.0610. The summed E-state index contributed by atoms with van der Waals surface area (Å²) in [6.45, 7) is 5.33. The van der Waals surface area contributed by atoms with E-state index in [2.05, 4.69) is 10.2 Å². The first-order valence-corrected chi connectivity index (χ1v) is 12.5. The van der Waals surface area contributed by atoms with Gasteiger partial charge in [-0.25, -0.2) is 13.2 Å². The van der Waals surface area contributed by atoms with Crippen LogP contribution >= 0.6 is 0 Å². The predicted octanol–water partition coefficient (Wildman–Crippen LogP) is 0.371. The average Bonchev–Trinajstić information content (AvgIpc) is 3.10. The zero-order valence-corrected chi connectivity index (χ0v) is 19.1. The number of rotatable bonds is 7. The number of morpholine rings is 1. The molecule has 176 valence electrons. The van der Waals surface area contributed by atoms with E-state index < -0.39 is 15.8 Å². The van der Waals surface area contributed by atoms with Gasteiger partial charge in [-0.05, 0) is 37.9 Å². The predicted molar refractivity (Wildman–Crippen MR) is 118 cm³/mol. The Bertz CT molecular complexity index is 1120. The number of ether oxygens (including phenoxy) is 1. The van der Waals surface area contributed by atoms with Crippen molar-refractivity contribution in [2.75, 3.05) is 52.5 Å². The first-order valence-electron chi connectivity index (χ1n) is 11.0. The van der Waals surface area contributed by atoms with Gasteiger partial charge in [-0.1, -0.05) is 0 Å². The zero-order chi connectivity index (χ0) is 22.7. The quantitative estimate of drug-likeness (QED) is 0.587. The third-order valence-electron chi connectivity index (χ3n) is 6.21. The topological polar surface area (TPSA) is 114 Å². The summed E-state index contributed by atoms with van der Waals surface area (Å²) in [6, 6.07) is 4.42. The molecule has 32 heavy (non-hydrogen) atoms. The second-order valence-electron chi connectivity index (χ2n) is 8.36. The second kappa shape index (κ2) is 9.74. The lowest BCUT2D eigenvalue weighted by molar-refractivity contribution is -0.126. The number of piperidine rings is 1. The number of aromatic nitrogens is 1. The SMILES string of the molecule is Cn1c(=O)oc2cc(S(=O)(=O)N3CCC[C@@H](C(=O)NCCCN4CCOCC4)C3)ccc21. The number of nitrogens with zero attached hydrogens (tertiary/aromatic N) is 3. The van der Waals surface area contributed by atoms with Crippen molar-refractivity contribution >= 4 is 27.0 Å². The van der Waals surface area contributed by atoms with Gasteiger partial charge in [0.15, 0.2) is 5.58 Å². The van der Waals surface area contributed by atoms with Crippen molar-refractivity contribution in [3.63, 3.8) is 0 Å². The molecule has 10 nitrogen and oxygen atoms in total. The lowest BCUT2D eigenvalue weighted by atomic mass is 9.99. The molecular formula is C21H30N4O6S. The van der Waals surface area contributed by atoms with E-state index in [9.17, 15) is 18.0 Å². The fourth-order valence-corrected chi connectivity index (χ4v) is 5.82. The van der Waals surface area contributed by atoms with E-state index in [4.69, 9.17) is 9.15 Å². The van der Waals surface area contributed by atoms with Crippen LogP contribution < -0.4 is 11.1 Å². The number of sulfonamides is 1. The van der Waals surface area contributed by atoms with E-state index in [0.717, 1.165) is 39.3 Å². The highest BCUT2D eigenvalue weighted by Crippen LogP contribution is 2.26. The normalized spacial score (nSPS) is 21.1. The molecule has 0 bridgehead atoms. The highest BCUT2D eigenvalue weighted by molar-refractivity contribution is 7.89. The summed E-state index contributed by atoms with van der Waals surface area (Å²) in [5, 5.41) is 2.97. The summed E-state index contributed by atoms with van der Waals surface area (Å²) < 4.78 is 39.5. The van der Waals surface area contributed by atoms with E-state index in [-0.39, 0.29) is 28.8 Å². The molecule has 0 unspecified atom stereocenters. The van der Waals surface area contributed by atoms with E-state index in [1.165, 1.54) is 21.0 Å². The standard InChI is InChI=1S/C21H30N4O6S/c1-23-18-6-5-17(14-19(18)31-21(23)27)32(28,29)25-9-2-4-16(15-25)20(26)22-7-3-8-24-10-12-30-13-11-24/h5-6,14,16H,2-4,7-13,15H2,1H3,(H,22,26)/t16-/m1/s1. The molecule has 2 saturated heterocycles. The van der Waals surface area contributed by atoms with Crippen LogP contribution in [0.2, 0.25) is 0 Å². The number of aryl methyl sites for hydroxylation is 1. The molecule has 0 spiro atoms. The minimum atomic E-state index is -3.80. The van der Waals surface area contributed by atoms with Crippen molar-refractivity contribution in [2.45, 2.75) is 24.2 Å². The molecule has 1 atom stereocenters. The van der Waals surface area contributed by atoms with Gasteiger partial charge in [-0.15, -0.1) is 0 Å². The number of carbonyl (C=O) groups is 1. The molecule has 2 fully saturated rings. The van der Waals surface area contributed by atoms with Crippen molar-refractivity contribution < 1.29 is 22.4 Å². The Balaban J connectivity index is 1.35. The van der Waals surface area contributed by atoms with Gasteiger partial charge in [0.05, 0.1) is 29.5 Å². The fraction of sp³-hybridized carbons (Fsp3) is 0.619. The van der Waals surface area contributed by atoms with Gasteiger partial charge >= 0.3 is 5.76 Å². The molecule has 1 aromatic heterocycles. The van der Waals surface area contributed by atoms with Crippen molar-refractivity contribution in [1.29, 1.82) is 0 Å². The van der Waals surface area contributed by atoms with Gasteiger partial charge in [-0.2, -0.15) is 4.31 Å². The number of amides is 1. The lowest BCUT2D eigenvalue weighted by Gasteiger charge is -2.31. The van der Waals surface area contributed by atoms with Crippen LogP contribution in [0.5, 0.6) is 0 Å². The minimum Gasteiger partial charge on any atom is -0.408 e. The Labute approximate surface area is 187 Å². The zero-order valence-electron chi connectivity index (χ0n) is 18.3. The molecule has 11 heteroatoms. The van der Waals surface area contributed by atoms with Gasteiger partial charge in [0.2, 0.25) is 15.9 Å². The Hall–Kier alpha value is -2.21. The number of oxazole rings is 1. The maximum Gasteiger partial charge on any atom is 0.419 e. The Morgan fingerprint density at radius 3 is 2.78 bits per heavy atom. The lowest BCUT2D eigenvalue weighted by Crippen LogP contribution is -2.45. The van der Waals surface area contributed by atoms with Gasteiger partial charge < -0.3 is 14.5 Å². The Kier molecular flexibility index (Phi) is 6.99. The third kappa shape index (κ3) is 4.90. The highest BCUT2D eigenvalue weighted by atomic mass is 32.2. The highest BCUT2D eigenvalue weighted by Gasteiger charge is 2.33. The van der Waals surface area contributed by atoms with Crippen LogP contribution in [0.15, 0.2) is 32.3 Å². The smallest absolute Gasteiger partial charge is 0.408 e. The van der Waals surface area contributed by atoms with Crippen molar-refractivity contribution in [2.24, 2.45) is 13.0 Å². The van der Waals surface area contributed by atoms with Crippen LogP contribution in [0.25, 0.3) is 11.1 Å². The van der Waals surface area contributed by atoms with Crippen LogP contribution in [0, 0.1) is 5.92 Å². The molecule has 2 aliphatic rings. The van der Waals surface area contributed by atoms with Crippen LogP contribution in [0.4, 0.5) is 0 Å². The van der Waals surface area contributed by atoms with Crippen molar-refractivity contribution in [3.8, 4) is 0 Å². The van der Waals surface area contributed by atoms with Crippen LogP contribution in [-0.2, 0) is 26.6 Å². The Morgan fingerprint density at radius 1 is 1.22 bits per heavy atom. The van der Waals surface area contributed by atoms with Gasteiger partial charge in [0, 0.05) is 45.8 Å². The van der Waals surface area contributed by atoms with Crippen molar-refractivity contribution in [1.82, 2.24) is 19.1 Å². The van der Waals surface area contributed by atoms with Crippen molar-refractivity contribution in [3.05, 3.63) is 28.7 Å². The molecule has 2 aliphatic heterocycles. The number of carbonyl (C=O) groups excluding carboxylic acids is 1. The van der Waals surface area contributed by atoms with E-state index in [1.807, 2.05) is 0 Å². The summed E-state index contributed by atoms with van der Waals surface area (Å²) in [5.74, 6) is -1.02. The molecule has 2 aromatic rings. The molecule has 1 N–H and O–H groups in total. The third-order valence-corrected chi connectivity index (χ3v) is 8.07. The first-order chi connectivity index (χ1) is 15.4. The summed E-state index contributed by atoms with van der Waals surface area (Å²) in [6.07, 6.45) is 2.13. The number of fused-ring (bicyclic) bond motifs is 1. The van der Waals surface area contributed by atoms with Gasteiger partial charge in [0.25, 0.3) is 0 Å². The molecular weight excluding hydrogens is 436 g/mol.